The van der Waals surface area contributed by atoms with Crippen molar-refractivity contribution in [1.82, 2.24) is 15.3 Å². The molecule has 1 heterocycles. The fourth-order valence-electron chi connectivity index (χ4n) is 2.28. The maximum atomic E-state index is 11.9. The molecule has 19 heavy (non-hydrogen) atoms. The molecule has 0 saturated carbocycles. The molecule has 0 saturated heterocycles. The summed E-state index contributed by atoms with van der Waals surface area (Å²) in [5.41, 5.74) is 0.679. The predicted molar refractivity (Wildman–Crippen MR) is 78.1 cm³/mol. The van der Waals surface area contributed by atoms with E-state index >= 15 is 0 Å². The number of H-pyrrole nitrogens is 1. The normalized spacial score (nSPS) is 13.1. The van der Waals surface area contributed by atoms with Crippen LogP contribution in [0.2, 0.25) is 0 Å². The first-order chi connectivity index (χ1) is 9.06. The lowest BCUT2D eigenvalue weighted by Crippen LogP contribution is -2.28. The number of hydrogen-bond donors (Lipinski definition) is 2. The van der Waals surface area contributed by atoms with Crippen LogP contribution in [0.25, 0.3) is 10.9 Å². The molecule has 4 nitrogen and oxygen atoms in total. The van der Waals surface area contributed by atoms with Gasteiger partial charge in [-0.25, -0.2) is 4.98 Å². The Morgan fingerprint density at radius 3 is 2.74 bits per heavy atom. The van der Waals surface area contributed by atoms with Gasteiger partial charge in [-0.15, -0.1) is 0 Å². The van der Waals surface area contributed by atoms with Crippen LogP contribution in [-0.2, 0) is 6.54 Å². The number of fused-ring (bicyclic) bond motifs is 1. The Kier molecular flexibility index (Phi) is 4.32. The Balaban J connectivity index is 2.11. The van der Waals surface area contributed by atoms with Crippen molar-refractivity contribution in [3.05, 3.63) is 40.4 Å². The zero-order valence-electron chi connectivity index (χ0n) is 11.7. The van der Waals surface area contributed by atoms with Crippen LogP contribution in [0, 0.1) is 5.92 Å². The second-order valence-electron chi connectivity index (χ2n) is 5.44. The molecule has 0 bridgehead atoms. The zero-order valence-corrected chi connectivity index (χ0v) is 11.7. The molecule has 0 aliphatic rings. The van der Waals surface area contributed by atoms with E-state index in [4.69, 9.17) is 0 Å². The maximum Gasteiger partial charge on any atom is 0.258 e. The molecule has 0 spiro atoms. The van der Waals surface area contributed by atoms with Gasteiger partial charge in [-0.05, 0) is 31.4 Å². The van der Waals surface area contributed by atoms with E-state index in [0.717, 1.165) is 11.9 Å². The molecule has 1 unspecified atom stereocenters. The summed E-state index contributed by atoms with van der Waals surface area (Å²) >= 11 is 0. The molecule has 1 aromatic carbocycles. The summed E-state index contributed by atoms with van der Waals surface area (Å²) in [6.07, 6.45) is 1.11. The minimum Gasteiger partial charge on any atom is -0.309 e. The van der Waals surface area contributed by atoms with E-state index in [1.54, 1.807) is 6.07 Å². The molecular formula is C15H21N3O. The van der Waals surface area contributed by atoms with Gasteiger partial charge in [0.25, 0.3) is 5.56 Å². The maximum absolute atomic E-state index is 11.9. The van der Waals surface area contributed by atoms with Crippen molar-refractivity contribution in [2.24, 2.45) is 5.92 Å². The van der Waals surface area contributed by atoms with Gasteiger partial charge in [0.2, 0.25) is 0 Å². The van der Waals surface area contributed by atoms with Gasteiger partial charge in [-0.1, -0.05) is 26.0 Å². The van der Waals surface area contributed by atoms with Crippen molar-refractivity contribution in [2.75, 3.05) is 0 Å². The highest BCUT2D eigenvalue weighted by atomic mass is 16.1. The topological polar surface area (TPSA) is 57.8 Å². The van der Waals surface area contributed by atoms with Crippen molar-refractivity contribution < 1.29 is 0 Å². The molecule has 1 aromatic heterocycles. The summed E-state index contributed by atoms with van der Waals surface area (Å²) in [5, 5.41) is 4.03. The van der Waals surface area contributed by atoms with Gasteiger partial charge in [-0.3, -0.25) is 4.79 Å². The van der Waals surface area contributed by atoms with E-state index in [1.807, 2.05) is 18.2 Å². The summed E-state index contributed by atoms with van der Waals surface area (Å²) in [4.78, 5) is 19.2. The quantitative estimate of drug-likeness (QED) is 0.867. The monoisotopic (exact) mass is 259 g/mol. The van der Waals surface area contributed by atoms with E-state index in [-0.39, 0.29) is 5.56 Å². The van der Waals surface area contributed by atoms with Gasteiger partial charge in [0, 0.05) is 6.04 Å². The Hall–Kier alpha value is -1.68. The minimum absolute atomic E-state index is 0.0705. The van der Waals surface area contributed by atoms with Crippen LogP contribution in [0.4, 0.5) is 0 Å². The summed E-state index contributed by atoms with van der Waals surface area (Å²) in [5.74, 6) is 1.35. The SMILES string of the molecule is CC(C)CC(C)NCc1nc2ccccc2c(=O)[nH]1. The molecule has 0 fully saturated rings. The van der Waals surface area contributed by atoms with Crippen molar-refractivity contribution in [2.45, 2.75) is 39.8 Å². The first kappa shape index (κ1) is 13.7. The van der Waals surface area contributed by atoms with Crippen LogP contribution in [0.1, 0.15) is 33.0 Å². The molecular weight excluding hydrogens is 238 g/mol. The Morgan fingerprint density at radius 2 is 2.00 bits per heavy atom. The second-order valence-corrected chi connectivity index (χ2v) is 5.44. The number of nitrogens with zero attached hydrogens (tertiary/aromatic N) is 1. The van der Waals surface area contributed by atoms with Gasteiger partial charge in [0.05, 0.1) is 17.4 Å². The average Bonchev–Trinajstić information content (AvgIpc) is 2.36. The number of para-hydroxylation sites is 1. The minimum atomic E-state index is -0.0705. The highest BCUT2D eigenvalue weighted by molar-refractivity contribution is 5.77. The molecule has 2 aromatic rings. The van der Waals surface area contributed by atoms with E-state index in [1.165, 1.54) is 0 Å². The van der Waals surface area contributed by atoms with Gasteiger partial charge in [0.15, 0.2) is 0 Å². The lowest BCUT2D eigenvalue weighted by atomic mass is 10.1. The molecule has 4 heteroatoms. The lowest BCUT2D eigenvalue weighted by molar-refractivity contribution is 0.437. The molecule has 1 atom stereocenters. The third-order valence-corrected chi connectivity index (χ3v) is 3.10. The first-order valence-corrected chi connectivity index (χ1v) is 6.77. The van der Waals surface area contributed by atoms with E-state index in [0.29, 0.717) is 29.7 Å². The highest BCUT2D eigenvalue weighted by Gasteiger charge is 2.07. The van der Waals surface area contributed by atoms with E-state index < -0.39 is 0 Å². The largest absolute Gasteiger partial charge is 0.309 e. The average molecular weight is 259 g/mol. The number of hydrogen-bond acceptors (Lipinski definition) is 3. The fourth-order valence-corrected chi connectivity index (χ4v) is 2.28. The number of aromatic amines is 1. The van der Waals surface area contributed by atoms with Crippen LogP contribution >= 0.6 is 0 Å². The molecule has 0 aliphatic carbocycles. The van der Waals surface area contributed by atoms with Gasteiger partial charge < -0.3 is 10.3 Å². The third kappa shape index (κ3) is 3.64. The first-order valence-electron chi connectivity index (χ1n) is 6.77. The van der Waals surface area contributed by atoms with Crippen LogP contribution in [0.5, 0.6) is 0 Å². The molecule has 0 radical (unpaired) electrons. The van der Waals surface area contributed by atoms with Crippen molar-refractivity contribution in [3.8, 4) is 0 Å². The zero-order chi connectivity index (χ0) is 13.8. The van der Waals surface area contributed by atoms with E-state index in [2.05, 4.69) is 36.1 Å². The predicted octanol–water partition coefficient (Wildman–Crippen LogP) is 2.45. The van der Waals surface area contributed by atoms with E-state index in [9.17, 15) is 4.79 Å². The lowest BCUT2D eigenvalue weighted by Gasteiger charge is -2.15. The summed E-state index contributed by atoms with van der Waals surface area (Å²) in [6, 6.07) is 7.82. The third-order valence-electron chi connectivity index (χ3n) is 3.10. The Morgan fingerprint density at radius 1 is 1.26 bits per heavy atom. The molecule has 102 valence electrons. The van der Waals surface area contributed by atoms with Gasteiger partial charge in [-0.2, -0.15) is 0 Å². The number of rotatable bonds is 5. The van der Waals surface area contributed by atoms with Gasteiger partial charge in [0.1, 0.15) is 5.82 Å². The second kappa shape index (κ2) is 5.97. The smallest absolute Gasteiger partial charge is 0.258 e. The number of aromatic nitrogens is 2. The standard InChI is InChI=1S/C15H21N3O/c1-10(2)8-11(3)16-9-14-17-13-7-5-4-6-12(13)15(19)18-14/h4-7,10-11,16H,8-9H2,1-3H3,(H,17,18,19). The summed E-state index contributed by atoms with van der Waals surface area (Å²) in [6.45, 7) is 7.15. The highest BCUT2D eigenvalue weighted by Crippen LogP contribution is 2.07. The summed E-state index contributed by atoms with van der Waals surface area (Å²) in [7, 11) is 0. The van der Waals surface area contributed by atoms with Crippen LogP contribution in [0.3, 0.4) is 0 Å². The molecule has 0 aliphatic heterocycles. The number of benzene rings is 1. The van der Waals surface area contributed by atoms with Crippen LogP contribution in [-0.4, -0.2) is 16.0 Å². The summed E-state index contributed by atoms with van der Waals surface area (Å²) < 4.78 is 0. The van der Waals surface area contributed by atoms with Crippen molar-refractivity contribution in [1.29, 1.82) is 0 Å². The number of nitrogens with one attached hydrogen (secondary N) is 2. The fraction of sp³-hybridized carbons (Fsp3) is 0.467. The Labute approximate surface area is 113 Å². The Bertz CT molecular complexity index is 604. The molecule has 0 amide bonds. The van der Waals surface area contributed by atoms with Crippen LogP contribution < -0.4 is 10.9 Å². The van der Waals surface area contributed by atoms with Crippen molar-refractivity contribution >= 4 is 10.9 Å². The van der Waals surface area contributed by atoms with Gasteiger partial charge >= 0.3 is 0 Å². The molecule has 2 rings (SSSR count). The van der Waals surface area contributed by atoms with Crippen LogP contribution in [0.15, 0.2) is 29.1 Å². The molecule has 2 N–H and O–H groups in total. The van der Waals surface area contributed by atoms with Crippen molar-refractivity contribution in [3.63, 3.8) is 0 Å².